The van der Waals surface area contributed by atoms with E-state index in [1.807, 2.05) is 0 Å². The van der Waals surface area contributed by atoms with Crippen molar-refractivity contribution in [3.63, 3.8) is 0 Å². The summed E-state index contributed by atoms with van der Waals surface area (Å²) in [6.45, 7) is 8.42. The van der Waals surface area contributed by atoms with Gasteiger partial charge in [0.2, 0.25) is 0 Å². The van der Waals surface area contributed by atoms with Crippen LogP contribution in [0.5, 0.6) is 0 Å². The highest BCUT2D eigenvalue weighted by Crippen LogP contribution is 2.39. The molecule has 112 valence electrons. The third kappa shape index (κ3) is 4.17. The first-order valence-electron chi connectivity index (χ1n) is 7.93. The van der Waals surface area contributed by atoms with Crippen molar-refractivity contribution >= 4 is 0 Å². The zero-order valence-electron chi connectivity index (χ0n) is 12.9. The van der Waals surface area contributed by atoms with Crippen LogP contribution in [-0.2, 0) is 4.74 Å². The second kappa shape index (κ2) is 6.55. The molecule has 0 aromatic heterocycles. The van der Waals surface area contributed by atoms with Crippen molar-refractivity contribution in [2.24, 2.45) is 17.3 Å². The van der Waals surface area contributed by atoms with Crippen molar-refractivity contribution in [3.05, 3.63) is 0 Å². The molecule has 0 radical (unpaired) electrons. The Kier molecular flexibility index (Phi) is 5.27. The molecule has 3 unspecified atom stereocenters. The summed E-state index contributed by atoms with van der Waals surface area (Å²) in [5.74, 6) is 1.13. The third-order valence-corrected chi connectivity index (χ3v) is 5.01. The number of aliphatic hydroxyl groups excluding tert-OH is 1. The van der Waals surface area contributed by atoms with E-state index in [2.05, 4.69) is 25.8 Å². The summed E-state index contributed by atoms with van der Waals surface area (Å²) in [7, 11) is 2.20. The molecule has 1 N–H and O–H groups in total. The van der Waals surface area contributed by atoms with E-state index in [1.165, 1.54) is 25.7 Å². The molecule has 3 nitrogen and oxygen atoms in total. The van der Waals surface area contributed by atoms with E-state index in [0.717, 1.165) is 32.7 Å². The van der Waals surface area contributed by atoms with Gasteiger partial charge >= 0.3 is 0 Å². The molecule has 0 amide bonds. The minimum Gasteiger partial charge on any atom is -0.392 e. The standard InChI is InChI=1S/C16H31NO2/c1-16(2)8-4-7-14(15(16)18)11-17(3)10-13-6-5-9-19-12-13/h13-15,18H,4-12H2,1-3H3. The van der Waals surface area contributed by atoms with Gasteiger partial charge in [-0.15, -0.1) is 0 Å². The molecule has 3 heteroatoms. The summed E-state index contributed by atoms with van der Waals surface area (Å²) >= 11 is 0. The molecular weight excluding hydrogens is 238 g/mol. The lowest BCUT2D eigenvalue weighted by molar-refractivity contribution is -0.0440. The minimum absolute atomic E-state index is 0.0949. The lowest BCUT2D eigenvalue weighted by Crippen LogP contribution is -2.45. The summed E-state index contributed by atoms with van der Waals surface area (Å²) in [5, 5.41) is 10.5. The lowest BCUT2D eigenvalue weighted by Gasteiger charge is -2.42. The number of rotatable bonds is 4. The van der Waals surface area contributed by atoms with Crippen molar-refractivity contribution in [3.8, 4) is 0 Å². The zero-order valence-corrected chi connectivity index (χ0v) is 12.9. The highest BCUT2D eigenvalue weighted by atomic mass is 16.5. The topological polar surface area (TPSA) is 32.7 Å². The van der Waals surface area contributed by atoms with Gasteiger partial charge in [-0.2, -0.15) is 0 Å². The van der Waals surface area contributed by atoms with Crippen molar-refractivity contribution < 1.29 is 9.84 Å². The number of hydrogen-bond donors (Lipinski definition) is 1. The fraction of sp³-hybridized carbons (Fsp3) is 1.00. The van der Waals surface area contributed by atoms with Crippen molar-refractivity contribution in [1.29, 1.82) is 0 Å². The van der Waals surface area contributed by atoms with Gasteiger partial charge in [-0.05, 0) is 50.0 Å². The molecular formula is C16H31NO2. The quantitative estimate of drug-likeness (QED) is 0.851. The van der Waals surface area contributed by atoms with Crippen LogP contribution in [0.4, 0.5) is 0 Å². The van der Waals surface area contributed by atoms with Crippen LogP contribution in [0, 0.1) is 17.3 Å². The number of aliphatic hydroxyl groups is 1. The van der Waals surface area contributed by atoms with Crippen LogP contribution < -0.4 is 0 Å². The van der Waals surface area contributed by atoms with E-state index >= 15 is 0 Å². The maximum absolute atomic E-state index is 10.5. The number of hydrogen-bond acceptors (Lipinski definition) is 3. The first-order valence-corrected chi connectivity index (χ1v) is 7.93. The molecule has 1 saturated carbocycles. The van der Waals surface area contributed by atoms with Crippen molar-refractivity contribution in [2.75, 3.05) is 33.4 Å². The van der Waals surface area contributed by atoms with E-state index in [-0.39, 0.29) is 11.5 Å². The number of nitrogens with zero attached hydrogens (tertiary/aromatic N) is 1. The molecule has 1 saturated heterocycles. The summed E-state index contributed by atoms with van der Waals surface area (Å²) in [4.78, 5) is 2.41. The van der Waals surface area contributed by atoms with E-state index in [9.17, 15) is 5.11 Å². The Morgan fingerprint density at radius 1 is 1.21 bits per heavy atom. The molecule has 2 fully saturated rings. The van der Waals surface area contributed by atoms with Gasteiger partial charge in [-0.1, -0.05) is 20.3 Å². The first-order chi connectivity index (χ1) is 8.99. The summed E-state index contributed by atoms with van der Waals surface area (Å²) in [5.41, 5.74) is 0.0949. The average Bonchev–Trinajstić information content (AvgIpc) is 2.36. The van der Waals surface area contributed by atoms with Crippen LogP contribution in [-0.4, -0.2) is 49.5 Å². The van der Waals surface area contributed by atoms with Gasteiger partial charge < -0.3 is 14.7 Å². The Bertz CT molecular complexity index is 274. The lowest BCUT2D eigenvalue weighted by atomic mass is 9.69. The highest BCUT2D eigenvalue weighted by molar-refractivity contribution is 4.89. The summed E-state index contributed by atoms with van der Waals surface area (Å²) in [6, 6.07) is 0. The SMILES string of the molecule is CN(CC1CCCOC1)CC1CCCC(C)(C)C1O. The predicted octanol–water partition coefficient (Wildman–Crippen LogP) is 2.53. The first kappa shape index (κ1) is 15.3. The molecule has 1 aliphatic heterocycles. The molecule has 1 aliphatic carbocycles. The monoisotopic (exact) mass is 269 g/mol. The molecule has 0 aromatic rings. The molecule has 0 aromatic carbocycles. The second-order valence-electron chi connectivity index (χ2n) is 7.39. The van der Waals surface area contributed by atoms with Crippen LogP contribution in [0.3, 0.4) is 0 Å². The zero-order chi connectivity index (χ0) is 13.9. The van der Waals surface area contributed by atoms with Gasteiger partial charge in [0, 0.05) is 19.7 Å². The molecule has 0 spiro atoms. The van der Waals surface area contributed by atoms with Gasteiger partial charge in [0.05, 0.1) is 12.7 Å². The molecule has 19 heavy (non-hydrogen) atoms. The van der Waals surface area contributed by atoms with E-state index in [0.29, 0.717) is 11.8 Å². The Balaban J connectivity index is 1.79. The summed E-state index contributed by atoms with van der Waals surface area (Å²) in [6.07, 6.45) is 5.95. The Morgan fingerprint density at radius 3 is 2.68 bits per heavy atom. The maximum atomic E-state index is 10.5. The summed E-state index contributed by atoms with van der Waals surface area (Å²) < 4.78 is 5.55. The third-order valence-electron chi connectivity index (χ3n) is 5.01. The minimum atomic E-state index is -0.147. The van der Waals surface area contributed by atoms with Crippen molar-refractivity contribution in [1.82, 2.24) is 4.90 Å². The molecule has 2 rings (SSSR count). The Hall–Kier alpha value is -0.120. The maximum Gasteiger partial charge on any atom is 0.0631 e. The van der Waals surface area contributed by atoms with Crippen LogP contribution >= 0.6 is 0 Å². The fourth-order valence-electron chi connectivity index (χ4n) is 3.82. The normalized spacial score (nSPS) is 35.5. The van der Waals surface area contributed by atoms with Gasteiger partial charge in [0.25, 0.3) is 0 Å². The second-order valence-corrected chi connectivity index (χ2v) is 7.39. The fourth-order valence-corrected chi connectivity index (χ4v) is 3.82. The van der Waals surface area contributed by atoms with Crippen LogP contribution in [0.15, 0.2) is 0 Å². The van der Waals surface area contributed by atoms with Gasteiger partial charge in [0.15, 0.2) is 0 Å². The molecule has 1 heterocycles. The van der Waals surface area contributed by atoms with Crippen LogP contribution in [0.2, 0.25) is 0 Å². The molecule has 3 atom stereocenters. The Labute approximate surface area is 118 Å². The van der Waals surface area contributed by atoms with Gasteiger partial charge in [0.1, 0.15) is 0 Å². The largest absolute Gasteiger partial charge is 0.392 e. The molecule has 2 aliphatic rings. The van der Waals surface area contributed by atoms with E-state index in [4.69, 9.17) is 4.74 Å². The van der Waals surface area contributed by atoms with Crippen LogP contribution in [0.25, 0.3) is 0 Å². The smallest absolute Gasteiger partial charge is 0.0631 e. The van der Waals surface area contributed by atoms with Gasteiger partial charge in [-0.25, -0.2) is 0 Å². The number of ether oxygens (including phenoxy) is 1. The van der Waals surface area contributed by atoms with Crippen molar-refractivity contribution in [2.45, 2.75) is 52.1 Å². The van der Waals surface area contributed by atoms with Gasteiger partial charge in [-0.3, -0.25) is 0 Å². The van der Waals surface area contributed by atoms with E-state index < -0.39 is 0 Å². The molecule has 0 bridgehead atoms. The average molecular weight is 269 g/mol. The van der Waals surface area contributed by atoms with Crippen LogP contribution in [0.1, 0.15) is 46.0 Å². The Morgan fingerprint density at radius 2 is 2.00 bits per heavy atom. The highest BCUT2D eigenvalue weighted by Gasteiger charge is 2.38. The predicted molar refractivity (Wildman–Crippen MR) is 78.2 cm³/mol. The van der Waals surface area contributed by atoms with E-state index in [1.54, 1.807) is 0 Å².